The van der Waals surface area contributed by atoms with E-state index in [1.54, 1.807) is 0 Å². The number of fused-ring (bicyclic) bond motifs is 5. The predicted molar refractivity (Wildman–Crippen MR) is 133 cm³/mol. The highest BCUT2D eigenvalue weighted by atomic mass is 35.5. The number of nitrogens with one attached hydrogen (secondary N) is 2. The molecule has 3 aromatic heterocycles. The maximum atomic E-state index is 12.6. The summed E-state index contributed by atoms with van der Waals surface area (Å²) in [5.41, 5.74) is 2.50. The molecule has 13 heteroatoms. The molecule has 184 valence electrons. The van der Waals surface area contributed by atoms with Gasteiger partial charge in [0.05, 0.1) is 47.6 Å². The van der Waals surface area contributed by atoms with Gasteiger partial charge < -0.3 is 25.4 Å². The molecular formula is C23H20ClN7O4S. The number of thiophene rings is 1. The van der Waals surface area contributed by atoms with E-state index in [1.807, 2.05) is 19.1 Å². The summed E-state index contributed by atoms with van der Waals surface area (Å²) in [7, 11) is 0. The first kappa shape index (κ1) is 22.8. The number of benzene rings is 1. The van der Waals surface area contributed by atoms with Gasteiger partial charge in [-0.2, -0.15) is 4.98 Å². The molecule has 1 saturated heterocycles. The number of ether oxygens (including phenoxy) is 1. The molecule has 11 nitrogen and oxygen atoms in total. The second-order valence-electron chi connectivity index (χ2n) is 8.78. The lowest BCUT2D eigenvalue weighted by Crippen LogP contribution is -2.34. The second-order valence-corrected chi connectivity index (χ2v) is 10.2. The Labute approximate surface area is 213 Å². The van der Waals surface area contributed by atoms with Crippen LogP contribution < -0.4 is 15.4 Å². The third-order valence-electron chi connectivity index (χ3n) is 6.06. The molecule has 5 heterocycles. The third kappa shape index (κ3) is 4.06. The largest absolute Gasteiger partial charge is 0.418 e. The summed E-state index contributed by atoms with van der Waals surface area (Å²) in [4.78, 5) is 44.3. The molecule has 0 bridgehead atoms. The molecule has 1 fully saturated rings. The highest BCUT2D eigenvalue weighted by Crippen LogP contribution is 2.40. The first-order valence-corrected chi connectivity index (χ1v) is 12.5. The Balaban J connectivity index is 1.35. The van der Waals surface area contributed by atoms with Crippen molar-refractivity contribution >= 4 is 61.6 Å². The van der Waals surface area contributed by atoms with Crippen molar-refractivity contribution in [1.29, 1.82) is 0 Å². The number of amides is 2. The van der Waals surface area contributed by atoms with Gasteiger partial charge in [-0.25, -0.2) is 15.0 Å². The van der Waals surface area contributed by atoms with E-state index in [4.69, 9.17) is 16.3 Å². The number of hydrogen-bond acceptors (Lipinski definition) is 10. The van der Waals surface area contributed by atoms with Crippen LogP contribution in [0.1, 0.15) is 28.6 Å². The monoisotopic (exact) mass is 525 g/mol. The van der Waals surface area contributed by atoms with Crippen molar-refractivity contribution in [3.8, 4) is 11.8 Å². The van der Waals surface area contributed by atoms with E-state index >= 15 is 0 Å². The van der Waals surface area contributed by atoms with Crippen molar-refractivity contribution in [3.63, 3.8) is 0 Å². The molecule has 1 unspecified atom stereocenters. The Morgan fingerprint density at radius 1 is 1.25 bits per heavy atom. The standard InChI is InChI=1S/C23H20ClN7O4S/c1-10-5-25-19-17-14(36-20(19)21(34)28-10)3-2-13-18(17)26-7-15(29-13)35-22-11(6-27-23(24)30-22)8-31-9-12(32)4-16(31)33/h2-3,6-7,10,12,25,32H,4-5,8-9H2,1H3,(H,28,34)/t10-,12?/m1/s1. The van der Waals surface area contributed by atoms with Crippen LogP contribution in [0.15, 0.2) is 24.5 Å². The number of hydrogen-bond donors (Lipinski definition) is 3. The minimum absolute atomic E-state index is 0.00112. The summed E-state index contributed by atoms with van der Waals surface area (Å²) in [6, 6.07) is 3.73. The highest BCUT2D eigenvalue weighted by molar-refractivity contribution is 7.21. The number of likely N-dealkylation sites (tertiary alicyclic amines) is 1. The number of aliphatic hydroxyl groups excluding tert-OH is 1. The summed E-state index contributed by atoms with van der Waals surface area (Å²) in [6.45, 7) is 2.93. The van der Waals surface area contributed by atoms with Gasteiger partial charge in [-0.15, -0.1) is 11.3 Å². The zero-order valence-electron chi connectivity index (χ0n) is 19.0. The highest BCUT2D eigenvalue weighted by Gasteiger charge is 2.29. The van der Waals surface area contributed by atoms with E-state index in [0.29, 0.717) is 28.0 Å². The minimum atomic E-state index is -0.700. The number of nitrogens with zero attached hydrogens (tertiary/aromatic N) is 5. The summed E-state index contributed by atoms with van der Waals surface area (Å²) < 4.78 is 6.87. The van der Waals surface area contributed by atoms with Gasteiger partial charge in [0, 0.05) is 35.4 Å². The minimum Gasteiger partial charge on any atom is -0.418 e. The van der Waals surface area contributed by atoms with E-state index in [9.17, 15) is 14.7 Å². The Morgan fingerprint density at radius 3 is 2.92 bits per heavy atom. The van der Waals surface area contributed by atoms with Crippen molar-refractivity contribution < 1.29 is 19.4 Å². The van der Waals surface area contributed by atoms with Crippen LogP contribution in [0.5, 0.6) is 11.8 Å². The van der Waals surface area contributed by atoms with Gasteiger partial charge in [-0.05, 0) is 30.7 Å². The van der Waals surface area contributed by atoms with Crippen LogP contribution in [0.4, 0.5) is 5.69 Å². The first-order chi connectivity index (χ1) is 17.4. The molecule has 2 atom stereocenters. The summed E-state index contributed by atoms with van der Waals surface area (Å²) in [5.74, 6) is 0.0633. The molecule has 36 heavy (non-hydrogen) atoms. The summed E-state index contributed by atoms with van der Waals surface area (Å²) in [6.07, 6.45) is 2.35. The zero-order valence-corrected chi connectivity index (χ0v) is 20.6. The molecule has 3 N–H and O–H groups in total. The fourth-order valence-electron chi connectivity index (χ4n) is 4.40. The lowest BCUT2D eigenvalue weighted by Gasteiger charge is -2.17. The predicted octanol–water partition coefficient (Wildman–Crippen LogP) is 2.72. The third-order valence-corrected chi connectivity index (χ3v) is 7.40. The molecule has 2 aliphatic heterocycles. The molecule has 4 aromatic rings. The van der Waals surface area contributed by atoms with E-state index < -0.39 is 6.10 Å². The maximum absolute atomic E-state index is 12.6. The topological polar surface area (TPSA) is 142 Å². The van der Waals surface area contributed by atoms with Crippen molar-refractivity contribution in [2.24, 2.45) is 0 Å². The number of halogens is 1. The van der Waals surface area contributed by atoms with Gasteiger partial charge in [-0.1, -0.05) is 0 Å². The fourth-order valence-corrected chi connectivity index (χ4v) is 5.61. The van der Waals surface area contributed by atoms with E-state index in [2.05, 4.69) is 30.6 Å². The van der Waals surface area contributed by atoms with Crippen LogP contribution in [-0.4, -0.2) is 67.0 Å². The van der Waals surface area contributed by atoms with Gasteiger partial charge in [0.25, 0.3) is 5.91 Å². The van der Waals surface area contributed by atoms with Crippen molar-refractivity contribution in [1.82, 2.24) is 30.2 Å². The average molecular weight is 526 g/mol. The number of aromatic nitrogens is 4. The lowest BCUT2D eigenvalue weighted by molar-refractivity contribution is -0.128. The van der Waals surface area contributed by atoms with E-state index in [1.165, 1.54) is 28.6 Å². The summed E-state index contributed by atoms with van der Waals surface area (Å²) >= 11 is 7.41. The molecule has 6 rings (SSSR count). The lowest BCUT2D eigenvalue weighted by atomic mass is 10.1. The quantitative estimate of drug-likeness (QED) is 0.343. The van der Waals surface area contributed by atoms with Gasteiger partial charge in [0.15, 0.2) is 0 Å². The average Bonchev–Trinajstić information content (AvgIpc) is 3.33. The number of aliphatic hydroxyl groups is 1. The Kier molecular flexibility index (Phi) is 5.58. The number of carbonyl (C=O) groups is 2. The van der Waals surface area contributed by atoms with E-state index in [-0.39, 0.29) is 54.4 Å². The molecule has 1 aromatic carbocycles. The van der Waals surface area contributed by atoms with Gasteiger partial charge in [-0.3, -0.25) is 9.59 Å². The maximum Gasteiger partial charge on any atom is 0.263 e. The number of anilines is 1. The van der Waals surface area contributed by atoms with Crippen LogP contribution in [0.3, 0.4) is 0 Å². The Morgan fingerprint density at radius 2 is 2.11 bits per heavy atom. The molecule has 0 saturated carbocycles. The number of β-amino-alcohol motifs (C(OH)–C–C–N with tert-alkyl or cyclic N) is 1. The van der Waals surface area contributed by atoms with Crippen molar-refractivity contribution in [2.45, 2.75) is 32.0 Å². The normalized spacial score (nSPS) is 19.8. The Hall–Kier alpha value is -3.61. The molecular weight excluding hydrogens is 506 g/mol. The Bertz CT molecular complexity index is 1540. The van der Waals surface area contributed by atoms with Crippen LogP contribution in [-0.2, 0) is 11.3 Å². The molecule has 2 amide bonds. The number of carbonyl (C=O) groups excluding carboxylic acids is 2. The molecule has 0 aliphatic carbocycles. The van der Waals surface area contributed by atoms with Crippen LogP contribution >= 0.6 is 22.9 Å². The number of rotatable bonds is 4. The summed E-state index contributed by atoms with van der Waals surface area (Å²) in [5, 5.41) is 17.0. The van der Waals surface area contributed by atoms with Gasteiger partial charge in [0.2, 0.25) is 23.0 Å². The molecule has 2 aliphatic rings. The smallest absolute Gasteiger partial charge is 0.263 e. The van der Waals surface area contributed by atoms with Gasteiger partial charge >= 0.3 is 0 Å². The van der Waals surface area contributed by atoms with Crippen molar-refractivity contribution in [3.05, 3.63) is 40.3 Å². The van der Waals surface area contributed by atoms with Crippen LogP contribution in [0.2, 0.25) is 5.28 Å². The molecule has 0 spiro atoms. The van der Waals surface area contributed by atoms with Crippen LogP contribution in [0.25, 0.3) is 21.1 Å². The fraction of sp³-hybridized carbons (Fsp3) is 0.304. The second kappa shape index (κ2) is 8.80. The zero-order chi connectivity index (χ0) is 25.0. The SMILES string of the molecule is C[C@@H]1CNc2c(sc3ccc4nc(Oc5nc(Cl)ncc5CN5CC(O)CC5=O)cnc4c23)C(=O)N1. The first-order valence-electron chi connectivity index (χ1n) is 11.3. The molecule has 0 radical (unpaired) electrons. The van der Waals surface area contributed by atoms with Crippen molar-refractivity contribution in [2.75, 3.05) is 18.4 Å². The van der Waals surface area contributed by atoms with Crippen LogP contribution in [0, 0.1) is 0 Å². The van der Waals surface area contributed by atoms with Gasteiger partial charge in [0.1, 0.15) is 4.88 Å². The van der Waals surface area contributed by atoms with E-state index in [0.717, 1.165) is 15.8 Å².